The van der Waals surface area contributed by atoms with Crippen molar-refractivity contribution >= 4 is 17.3 Å². The summed E-state index contributed by atoms with van der Waals surface area (Å²) in [5, 5.41) is 11.2. The average Bonchev–Trinajstić information content (AvgIpc) is 2.52. The number of quaternary nitrogens is 1. The fourth-order valence-electron chi connectivity index (χ4n) is 2.78. The number of nitro benzene ring substituents is 1. The number of alkyl halides is 3. The zero-order chi connectivity index (χ0) is 18.1. The fraction of sp³-hybridized carbons (Fsp3) is 0.500. The minimum atomic E-state index is -4.64. The summed E-state index contributed by atoms with van der Waals surface area (Å²) in [5.41, 5.74) is 3.79. The topological polar surface area (TPSA) is 93.9 Å². The van der Waals surface area contributed by atoms with Gasteiger partial charge in [0.05, 0.1) is 36.7 Å². The molecule has 24 heavy (non-hydrogen) atoms. The van der Waals surface area contributed by atoms with E-state index in [1.165, 1.54) is 0 Å². The number of carbonyl (C=O) groups is 1. The highest BCUT2D eigenvalue weighted by atomic mass is 19.4. The van der Waals surface area contributed by atoms with Crippen LogP contribution in [-0.4, -0.2) is 43.1 Å². The molecule has 1 aliphatic heterocycles. The van der Waals surface area contributed by atoms with Gasteiger partial charge in [-0.15, -0.1) is 0 Å². The molecule has 132 valence electrons. The average molecular weight is 347 g/mol. The third-order valence-corrected chi connectivity index (χ3v) is 4.28. The molecule has 0 aliphatic carbocycles. The Morgan fingerprint density at radius 3 is 2.42 bits per heavy atom. The first-order valence-corrected chi connectivity index (χ1v) is 7.35. The summed E-state index contributed by atoms with van der Waals surface area (Å²) >= 11 is 0. The highest BCUT2D eigenvalue weighted by molar-refractivity contribution is 5.77. The molecule has 1 atom stereocenters. The molecule has 0 saturated carbocycles. The summed E-state index contributed by atoms with van der Waals surface area (Å²) in [5.74, 6) is -0.432. The van der Waals surface area contributed by atoms with Gasteiger partial charge in [-0.3, -0.25) is 14.9 Å². The Balaban J connectivity index is 2.21. The van der Waals surface area contributed by atoms with Crippen molar-refractivity contribution in [1.82, 2.24) is 0 Å². The van der Waals surface area contributed by atoms with Crippen LogP contribution in [0.25, 0.3) is 0 Å². The van der Waals surface area contributed by atoms with Gasteiger partial charge in [0.15, 0.2) is 6.04 Å². The van der Waals surface area contributed by atoms with Crippen molar-refractivity contribution in [2.24, 2.45) is 5.73 Å². The minimum Gasteiger partial charge on any atom is -0.365 e. The molecule has 1 fully saturated rings. The van der Waals surface area contributed by atoms with Crippen LogP contribution in [0.1, 0.15) is 12.5 Å². The Morgan fingerprint density at radius 2 is 1.96 bits per heavy atom. The second-order valence-corrected chi connectivity index (χ2v) is 5.73. The van der Waals surface area contributed by atoms with Gasteiger partial charge in [-0.1, -0.05) is 0 Å². The lowest BCUT2D eigenvalue weighted by Gasteiger charge is -2.35. The summed E-state index contributed by atoms with van der Waals surface area (Å²) in [6.07, 6.45) is -4.64. The molecule has 1 aliphatic rings. The van der Waals surface area contributed by atoms with Crippen LogP contribution in [0.5, 0.6) is 0 Å². The highest BCUT2D eigenvalue weighted by Gasteiger charge is 2.35. The number of anilines is 1. The lowest BCUT2D eigenvalue weighted by atomic mass is 10.1. The van der Waals surface area contributed by atoms with Crippen molar-refractivity contribution in [1.29, 1.82) is 0 Å². The first-order chi connectivity index (χ1) is 11.1. The van der Waals surface area contributed by atoms with Gasteiger partial charge in [0.2, 0.25) is 0 Å². The zero-order valence-corrected chi connectivity index (χ0v) is 13.0. The van der Waals surface area contributed by atoms with Crippen LogP contribution in [0.2, 0.25) is 0 Å². The number of carbonyl (C=O) groups excluding carboxylic acids is 1. The minimum absolute atomic E-state index is 0.152. The number of amides is 1. The van der Waals surface area contributed by atoms with E-state index in [0.717, 1.165) is 17.0 Å². The number of halogens is 3. The maximum absolute atomic E-state index is 12.7. The van der Waals surface area contributed by atoms with Crippen molar-refractivity contribution in [2.45, 2.75) is 19.1 Å². The van der Waals surface area contributed by atoms with E-state index in [1.807, 2.05) is 0 Å². The fourth-order valence-corrected chi connectivity index (χ4v) is 2.78. The van der Waals surface area contributed by atoms with Gasteiger partial charge < -0.3 is 15.5 Å². The molecule has 1 aromatic rings. The van der Waals surface area contributed by atoms with Crippen LogP contribution in [-0.2, 0) is 11.0 Å². The quantitative estimate of drug-likeness (QED) is 0.601. The standard InChI is InChI=1S/C14H17F3N4O3/c1-9(13(18)22)19-4-6-20(7-5-19)11-3-2-10(14(15,16)17)8-12(11)21(23)24/h2-3,8-9H,4-7H2,1H3,(H2,18,22)/p+1/t9-/m0/s1. The molecular formula is C14H18F3N4O3+. The van der Waals surface area contributed by atoms with Gasteiger partial charge in [0.1, 0.15) is 5.69 Å². The number of benzene rings is 1. The molecule has 0 unspecified atom stereocenters. The van der Waals surface area contributed by atoms with E-state index in [9.17, 15) is 28.1 Å². The lowest BCUT2D eigenvalue weighted by Crippen LogP contribution is -3.19. The van der Waals surface area contributed by atoms with Crippen LogP contribution in [0.15, 0.2) is 18.2 Å². The molecule has 1 aromatic carbocycles. The molecule has 0 aromatic heterocycles. The monoisotopic (exact) mass is 347 g/mol. The van der Waals surface area contributed by atoms with E-state index in [1.54, 1.807) is 11.8 Å². The SMILES string of the molecule is C[C@@H](C(N)=O)[NH+]1CCN(c2ccc(C(F)(F)F)cc2[N+](=O)[O-])CC1. The Hall–Kier alpha value is -2.36. The van der Waals surface area contributed by atoms with E-state index in [2.05, 4.69) is 0 Å². The predicted octanol–water partition coefficient (Wildman–Crippen LogP) is 0.192. The lowest BCUT2D eigenvalue weighted by molar-refractivity contribution is -0.914. The number of primary amides is 1. The van der Waals surface area contributed by atoms with Crippen LogP contribution >= 0.6 is 0 Å². The number of hydrogen-bond donors (Lipinski definition) is 2. The predicted molar refractivity (Wildman–Crippen MR) is 79.7 cm³/mol. The normalized spacial score (nSPS) is 17.6. The van der Waals surface area contributed by atoms with Crippen LogP contribution < -0.4 is 15.5 Å². The van der Waals surface area contributed by atoms with Crippen molar-refractivity contribution in [3.05, 3.63) is 33.9 Å². The van der Waals surface area contributed by atoms with Crippen molar-refractivity contribution < 1.29 is 27.8 Å². The van der Waals surface area contributed by atoms with Gasteiger partial charge in [0.25, 0.3) is 11.6 Å². The first-order valence-electron chi connectivity index (χ1n) is 7.35. The number of nitrogens with two attached hydrogens (primary N) is 1. The van der Waals surface area contributed by atoms with E-state index in [4.69, 9.17) is 5.73 Å². The number of rotatable bonds is 4. The molecule has 1 amide bonds. The molecule has 1 heterocycles. The third-order valence-electron chi connectivity index (χ3n) is 4.28. The molecule has 2 rings (SSSR count). The van der Waals surface area contributed by atoms with Crippen LogP contribution in [0.3, 0.4) is 0 Å². The molecule has 1 saturated heterocycles. The highest BCUT2D eigenvalue weighted by Crippen LogP contribution is 2.36. The maximum atomic E-state index is 12.7. The van der Waals surface area contributed by atoms with Crippen molar-refractivity contribution in [2.75, 3.05) is 31.1 Å². The second-order valence-electron chi connectivity index (χ2n) is 5.73. The molecule has 0 spiro atoms. The third kappa shape index (κ3) is 3.75. The molecular weight excluding hydrogens is 329 g/mol. The summed E-state index contributed by atoms with van der Waals surface area (Å²) < 4.78 is 38.2. The van der Waals surface area contributed by atoms with Crippen molar-refractivity contribution in [3.63, 3.8) is 0 Å². The maximum Gasteiger partial charge on any atom is 0.416 e. The smallest absolute Gasteiger partial charge is 0.365 e. The molecule has 10 heteroatoms. The van der Waals surface area contributed by atoms with Gasteiger partial charge in [0, 0.05) is 6.07 Å². The Kier molecular flexibility index (Phi) is 4.97. The summed E-state index contributed by atoms with van der Waals surface area (Å²) in [7, 11) is 0. The number of nitro groups is 1. The summed E-state index contributed by atoms with van der Waals surface area (Å²) in [4.78, 5) is 24.2. The summed E-state index contributed by atoms with van der Waals surface area (Å²) in [6.45, 7) is 3.51. The Labute approximate surface area is 136 Å². The van der Waals surface area contributed by atoms with Gasteiger partial charge in [-0.05, 0) is 19.1 Å². The van der Waals surface area contributed by atoms with Crippen molar-refractivity contribution in [3.8, 4) is 0 Å². The van der Waals surface area contributed by atoms with E-state index in [-0.39, 0.29) is 11.7 Å². The number of piperazine rings is 1. The van der Waals surface area contributed by atoms with Gasteiger partial charge in [-0.25, -0.2) is 0 Å². The molecule has 0 radical (unpaired) electrons. The van der Waals surface area contributed by atoms with Gasteiger partial charge in [-0.2, -0.15) is 13.2 Å². The van der Waals surface area contributed by atoms with E-state index >= 15 is 0 Å². The van der Waals surface area contributed by atoms with E-state index < -0.39 is 28.3 Å². The molecule has 7 nitrogen and oxygen atoms in total. The van der Waals surface area contributed by atoms with Crippen LogP contribution in [0, 0.1) is 10.1 Å². The number of nitrogens with zero attached hydrogens (tertiary/aromatic N) is 2. The molecule has 0 bridgehead atoms. The number of nitrogens with one attached hydrogen (secondary N) is 1. The Bertz CT molecular complexity index is 643. The van der Waals surface area contributed by atoms with Gasteiger partial charge >= 0.3 is 6.18 Å². The number of hydrogen-bond acceptors (Lipinski definition) is 4. The Morgan fingerprint density at radius 1 is 1.38 bits per heavy atom. The largest absolute Gasteiger partial charge is 0.416 e. The first kappa shape index (κ1) is 18.0. The summed E-state index contributed by atoms with van der Waals surface area (Å²) in [6, 6.07) is 2.15. The second kappa shape index (κ2) is 6.63. The van der Waals surface area contributed by atoms with E-state index in [0.29, 0.717) is 32.2 Å². The molecule has 3 N–H and O–H groups in total. The van der Waals surface area contributed by atoms with Crippen LogP contribution in [0.4, 0.5) is 24.5 Å². The zero-order valence-electron chi connectivity index (χ0n) is 13.0.